The molecule has 0 aromatic carbocycles. The molecule has 0 radical (unpaired) electrons. The zero-order valence-corrected chi connectivity index (χ0v) is 5.35. The Morgan fingerprint density at radius 1 is 1.75 bits per heavy atom. The minimum Gasteiger partial charge on any atom is -0.455 e. The van der Waals surface area contributed by atoms with Gasteiger partial charge in [0.25, 0.3) is 0 Å². The van der Waals surface area contributed by atoms with Crippen LogP contribution in [0.1, 0.15) is 6.92 Å². The second-order valence-electron chi connectivity index (χ2n) is 2.37. The number of nitrogens with one attached hydrogen (secondary N) is 1. The Morgan fingerprint density at radius 3 is 2.88 bits per heavy atom. The highest BCUT2D eigenvalue weighted by Crippen LogP contribution is 1.97. The lowest BCUT2D eigenvalue weighted by Gasteiger charge is -2.37. The highest BCUT2D eigenvalue weighted by Gasteiger charge is 2.06. The summed E-state index contributed by atoms with van der Waals surface area (Å²) >= 11 is 0. The van der Waals surface area contributed by atoms with Gasteiger partial charge in [0.05, 0.1) is 0 Å². The van der Waals surface area contributed by atoms with Gasteiger partial charge in [-0.25, -0.2) is 0 Å². The number of piperazine rings is 1. The van der Waals surface area contributed by atoms with Crippen molar-refractivity contribution >= 4 is 0 Å². The molecule has 1 atom stereocenters. The Bertz CT molecular complexity index is 62.9. The molecule has 0 aromatic rings. The van der Waals surface area contributed by atoms with E-state index in [9.17, 15) is 0 Å². The smallest absolute Gasteiger partial charge is 0.00817 e. The van der Waals surface area contributed by atoms with E-state index < -0.39 is 0 Å². The summed E-state index contributed by atoms with van der Waals surface area (Å²) in [5.41, 5.74) is 0. The minimum absolute atomic E-state index is 0.615. The first kappa shape index (κ1) is 6.05. The summed E-state index contributed by atoms with van der Waals surface area (Å²) < 4.78 is 0. The van der Waals surface area contributed by atoms with Gasteiger partial charge in [-0.15, -0.1) is 0 Å². The molecule has 0 aliphatic carbocycles. The molecule has 2 nitrogen and oxygen atoms in total. The molecule has 1 fully saturated rings. The van der Waals surface area contributed by atoms with Gasteiger partial charge in [-0.2, -0.15) is 0 Å². The van der Waals surface area contributed by atoms with Crippen molar-refractivity contribution in [3.63, 3.8) is 0 Å². The molecule has 1 saturated heterocycles. The van der Waals surface area contributed by atoms with Crippen LogP contribution in [0.3, 0.4) is 0 Å². The molecule has 1 aliphatic rings. The van der Waals surface area contributed by atoms with Crippen LogP contribution in [0, 0.1) is 7.05 Å². The third-order valence-electron chi connectivity index (χ3n) is 1.64. The Balaban J connectivity index is 2.28. The summed E-state index contributed by atoms with van der Waals surface area (Å²) in [5, 5.41) is 3.28. The molecule has 8 heavy (non-hydrogen) atoms. The van der Waals surface area contributed by atoms with E-state index in [1.165, 1.54) is 0 Å². The van der Waals surface area contributed by atoms with Crippen molar-refractivity contribution in [3.05, 3.63) is 7.05 Å². The Morgan fingerprint density at radius 2 is 2.50 bits per heavy atom. The molecule has 2 heteroatoms. The van der Waals surface area contributed by atoms with Crippen molar-refractivity contribution in [2.75, 3.05) is 19.6 Å². The van der Waals surface area contributed by atoms with Crippen LogP contribution in [0.5, 0.6) is 0 Å². The fourth-order valence-electron chi connectivity index (χ4n) is 0.883. The van der Waals surface area contributed by atoms with Crippen molar-refractivity contribution in [3.8, 4) is 0 Å². The highest BCUT2D eigenvalue weighted by atomic mass is 15.2. The standard InChI is InChI=1S/C6H13N2/c1-6-5-7-3-4-8(6)2/h6-7H,2-5H2,1H3/q-1/t6-/m0/s1. The van der Waals surface area contributed by atoms with E-state index in [1.807, 2.05) is 0 Å². The number of nitrogens with zero attached hydrogens (tertiary/aromatic N) is 1. The second-order valence-corrected chi connectivity index (χ2v) is 2.37. The van der Waals surface area contributed by atoms with Crippen LogP contribution in [0.25, 0.3) is 0 Å². The van der Waals surface area contributed by atoms with Gasteiger partial charge in [-0.1, -0.05) is 6.92 Å². The quantitative estimate of drug-likeness (QED) is 0.447. The fourth-order valence-corrected chi connectivity index (χ4v) is 0.883. The first-order valence-electron chi connectivity index (χ1n) is 3.08. The summed E-state index contributed by atoms with van der Waals surface area (Å²) in [7, 11) is 3.87. The Labute approximate surface area is 50.9 Å². The van der Waals surface area contributed by atoms with Crippen molar-refractivity contribution < 1.29 is 0 Å². The fraction of sp³-hybridized carbons (Fsp3) is 0.833. The Hall–Kier alpha value is -0.0800. The van der Waals surface area contributed by atoms with Gasteiger partial charge in [0.2, 0.25) is 0 Å². The van der Waals surface area contributed by atoms with E-state index in [2.05, 4.69) is 24.2 Å². The summed E-state index contributed by atoms with van der Waals surface area (Å²) in [6.07, 6.45) is 0. The van der Waals surface area contributed by atoms with Crippen molar-refractivity contribution in [1.29, 1.82) is 0 Å². The van der Waals surface area contributed by atoms with Gasteiger partial charge in [0.1, 0.15) is 0 Å². The topological polar surface area (TPSA) is 15.3 Å². The number of hydrogen-bond acceptors (Lipinski definition) is 2. The highest BCUT2D eigenvalue weighted by molar-refractivity contribution is 4.74. The van der Waals surface area contributed by atoms with Gasteiger partial charge < -0.3 is 10.2 Å². The Kier molecular flexibility index (Phi) is 1.86. The monoisotopic (exact) mass is 113 g/mol. The molecule has 0 amide bonds. The van der Waals surface area contributed by atoms with Crippen molar-refractivity contribution in [2.45, 2.75) is 13.0 Å². The lowest BCUT2D eigenvalue weighted by molar-refractivity contribution is 0.240. The molecule has 1 aliphatic heterocycles. The maximum absolute atomic E-state index is 3.87. The van der Waals surface area contributed by atoms with Crippen LogP contribution in [0.4, 0.5) is 0 Å². The van der Waals surface area contributed by atoms with Crippen LogP contribution >= 0.6 is 0 Å². The predicted octanol–water partition coefficient (Wildman–Crippen LogP) is 0.0717. The number of hydrogen-bond donors (Lipinski definition) is 1. The lowest BCUT2D eigenvalue weighted by atomic mass is 10.2. The van der Waals surface area contributed by atoms with Crippen LogP contribution < -0.4 is 5.32 Å². The molecule has 0 bridgehead atoms. The van der Waals surface area contributed by atoms with Crippen molar-refractivity contribution in [1.82, 2.24) is 10.2 Å². The first-order valence-corrected chi connectivity index (χ1v) is 3.08. The summed E-state index contributed by atoms with van der Waals surface area (Å²) in [5.74, 6) is 0. The molecular formula is C6H13N2-. The molecule has 1 rings (SSSR count). The first-order chi connectivity index (χ1) is 3.80. The van der Waals surface area contributed by atoms with E-state index in [1.54, 1.807) is 0 Å². The van der Waals surface area contributed by atoms with Gasteiger partial charge in [-0.3, -0.25) is 7.05 Å². The maximum Gasteiger partial charge on any atom is 0.00817 e. The molecule has 0 spiro atoms. The van der Waals surface area contributed by atoms with Gasteiger partial charge in [0, 0.05) is 13.1 Å². The second kappa shape index (κ2) is 2.46. The van der Waals surface area contributed by atoms with Crippen LogP contribution in [-0.2, 0) is 0 Å². The molecule has 1 N–H and O–H groups in total. The van der Waals surface area contributed by atoms with Gasteiger partial charge in [-0.05, 0) is 12.6 Å². The normalized spacial score (nSPS) is 33.0. The molecule has 0 saturated carbocycles. The van der Waals surface area contributed by atoms with E-state index in [-0.39, 0.29) is 0 Å². The molecule has 0 unspecified atom stereocenters. The van der Waals surface area contributed by atoms with Gasteiger partial charge >= 0.3 is 0 Å². The van der Waals surface area contributed by atoms with Crippen LogP contribution in [-0.4, -0.2) is 30.6 Å². The zero-order chi connectivity index (χ0) is 5.98. The lowest BCUT2D eigenvalue weighted by Crippen LogP contribution is -2.46. The third kappa shape index (κ3) is 1.20. The summed E-state index contributed by atoms with van der Waals surface area (Å²) in [4.78, 5) is 2.12. The van der Waals surface area contributed by atoms with Crippen LogP contribution in [0.2, 0.25) is 0 Å². The van der Waals surface area contributed by atoms with E-state index >= 15 is 0 Å². The summed E-state index contributed by atoms with van der Waals surface area (Å²) in [6.45, 7) is 5.44. The molecular weight excluding hydrogens is 100 g/mol. The van der Waals surface area contributed by atoms with Crippen LogP contribution in [0.15, 0.2) is 0 Å². The third-order valence-corrected chi connectivity index (χ3v) is 1.64. The average Bonchev–Trinajstić information content (AvgIpc) is 1.77. The molecule has 1 heterocycles. The van der Waals surface area contributed by atoms with Gasteiger partial charge in [0.15, 0.2) is 0 Å². The average molecular weight is 113 g/mol. The maximum atomic E-state index is 3.87. The van der Waals surface area contributed by atoms with E-state index in [4.69, 9.17) is 0 Å². The summed E-state index contributed by atoms with van der Waals surface area (Å²) in [6, 6.07) is 0.615. The van der Waals surface area contributed by atoms with E-state index in [0.717, 1.165) is 19.6 Å². The molecule has 0 aromatic heterocycles. The van der Waals surface area contributed by atoms with E-state index in [0.29, 0.717) is 6.04 Å². The SMILES string of the molecule is [CH2-]N1CCNC[C@@H]1C. The predicted molar refractivity (Wildman–Crippen MR) is 34.4 cm³/mol. The van der Waals surface area contributed by atoms with Crippen molar-refractivity contribution in [2.24, 2.45) is 0 Å². The zero-order valence-electron chi connectivity index (χ0n) is 5.35. The largest absolute Gasteiger partial charge is 0.455 e. The number of rotatable bonds is 0. The molecule has 48 valence electrons. The minimum atomic E-state index is 0.615.